The number of fused-ring (bicyclic) bond motifs is 1. The average molecular weight is 235 g/mol. The van der Waals surface area contributed by atoms with Crippen LogP contribution in [0.4, 0.5) is 5.69 Å². The molecule has 17 heavy (non-hydrogen) atoms. The van der Waals surface area contributed by atoms with Crippen LogP contribution in [0.15, 0.2) is 18.2 Å². The minimum absolute atomic E-state index is 0.161. The van der Waals surface area contributed by atoms with Gasteiger partial charge in [-0.25, -0.2) is 4.98 Å². The molecule has 0 aliphatic heterocycles. The van der Waals surface area contributed by atoms with E-state index in [0.717, 1.165) is 23.4 Å². The van der Waals surface area contributed by atoms with E-state index in [2.05, 4.69) is 4.98 Å². The fourth-order valence-electron chi connectivity index (χ4n) is 1.93. The number of benzene rings is 1. The summed E-state index contributed by atoms with van der Waals surface area (Å²) in [4.78, 5) is 4.49. The molecule has 2 rings (SSSR count). The third-order valence-electron chi connectivity index (χ3n) is 2.70. The van der Waals surface area contributed by atoms with Crippen molar-refractivity contribution in [2.75, 3.05) is 19.5 Å². The summed E-state index contributed by atoms with van der Waals surface area (Å²) in [6, 6.07) is 5.73. The number of para-hydroxylation sites is 1. The lowest BCUT2D eigenvalue weighted by Crippen LogP contribution is -2.06. The molecule has 0 fully saturated rings. The topological polar surface area (TPSA) is 73.3 Å². The van der Waals surface area contributed by atoms with Crippen LogP contribution < -0.4 is 5.73 Å². The highest BCUT2D eigenvalue weighted by atomic mass is 16.5. The third kappa shape index (κ3) is 2.25. The van der Waals surface area contributed by atoms with Gasteiger partial charge in [0.1, 0.15) is 17.9 Å². The Labute approximate surface area is 99.8 Å². The minimum Gasteiger partial charge on any atom is -0.397 e. The second kappa shape index (κ2) is 5.16. The summed E-state index contributed by atoms with van der Waals surface area (Å²) in [6.45, 7) is 1.32. The number of hydrogen-bond donors (Lipinski definition) is 2. The van der Waals surface area contributed by atoms with Crippen LogP contribution in [0.25, 0.3) is 11.0 Å². The molecule has 0 bridgehead atoms. The molecule has 0 spiro atoms. The Morgan fingerprint density at radius 2 is 2.29 bits per heavy atom. The number of imidazole rings is 1. The Balaban J connectivity index is 2.50. The fraction of sp³-hybridized carbons (Fsp3) is 0.417. The Bertz CT molecular complexity index is 508. The summed E-state index contributed by atoms with van der Waals surface area (Å²) in [5.41, 5.74) is 8.36. The van der Waals surface area contributed by atoms with Crippen LogP contribution in [-0.4, -0.2) is 28.4 Å². The molecule has 5 nitrogen and oxygen atoms in total. The first kappa shape index (κ1) is 11.9. The summed E-state index contributed by atoms with van der Waals surface area (Å²) in [5.74, 6) is 0.842. The maximum atomic E-state index is 8.92. The number of hydrogen-bond acceptors (Lipinski definition) is 4. The number of aliphatic hydroxyl groups is 1. The summed E-state index contributed by atoms with van der Waals surface area (Å²) in [6.07, 6.45) is 0.691. The van der Waals surface area contributed by atoms with Gasteiger partial charge in [-0.3, -0.25) is 0 Å². The van der Waals surface area contributed by atoms with Gasteiger partial charge in [-0.2, -0.15) is 0 Å². The zero-order chi connectivity index (χ0) is 12.3. The number of nitrogens with two attached hydrogens (primary N) is 1. The van der Waals surface area contributed by atoms with Crippen LogP contribution >= 0.6 is 0 Å². The lowest BCUT2D eigenvalue weighted by Gasteiger charge is -2.07. The molecular formula is C12H17N3O2. The number of aromatic nitrogens is 2. The largest absolute Gasteiger partial charge is 0.397 e. The number of rotatable bonds is 5. The van der Waals surface area contributed by atoms with E-state index in [9.17, 15) is 0 Å². The molecule has 0 radical (unpaired) electrons. The minimum atomic E-state index is 0.161. The molecule has 1 aromatic carbocycles. The second-order valence-corrected chi connectivity index (χ2v) is 3.90. The van der Waals surface area contributed by atoms with Crippen LogP contribution in [0, 0.1) is 0 Å². The number of ether oxygens (including phenoxy) is 1. The summed E-state index contributed by atoms with van der Waals surface area (Å²) in [7, 11) is 1.64. The summed E-state index contributed by atoms with van der Waals surface area (Å²) >= 11 is 0. The third-order valence-corrected chi connectivity index (χ3v) is 2.70. The second-order valence-electron chi connectivity index (χ2n) is 3.90. The Morgan fingerprint density at radius 1 is 1.47 bits per heavy atom. The SMILES string of the molecule is COCc1nc2c(N)cccc2n1CCCO. The van der Waals surface area contributed by atoms with Crippen LogP contribution in [0.2, 0.25) is 0 Å². The summed E-state index contributed by atoms with van der Waals surface area (Å²) in [5, 5.41) is 8.92. The Hall–Kier alpha value is -1.59. The molecule has 0 saturated heterocycles. The molecule has 0 unspecified atom stereocenters. The van der Waals surface area contributed by atoms with Crippen molar-refractivity contribution in [3.63, 3.8) is 0 Å². The van der Waals surface area contributed by atoms with Crippen molar-refractivity contribution in [1.29, 1.82) is 0 Å². The maximum absolute atomic E-state index is 8.92. The maximum Gasteiger partial charge on any atom is 0.136 e. The quantitative estimate of drug-likeness (QED) is 0.762. The first-order valence-electron chi connectivity index (χ1n) is 5.61. The number of anilines is 1. The molecule has 0 atom stereocenters. The molecule has 3 N–H and O–H groups in total. The smallest absolute Gasteiger partial charge is 0.136 e. The standard InChI is InChI=1S/C12H17N3O2/c1-17-8-11-14-12-9(13)4-2-5-10(12)15(11)6-3-7-16/h2,4-5,16H,3,6-8,13H2,1H3. The van der Waals surface area contributed by atoms with Gasteiger partial charge in [0, 0.05) is 20.3 Å². The number of aliphatic hydroxyl groups excluding tert-OH is 1. The molecular weight excluding hydrogens is 218 g/mol. The lowest BCUT2D eigenvalue weighted by molar-refractivity contribution is 0.173. The number of nitrogen functional groups attached to an aromatic ring is 1. The van der Waals surface area contributed by atoms with Gasteiger partial charge < -0.3 is 20.1 Å². The highest BCUT2D eigenvalue weighted by molar-refractivity contribution is 5.87. The van der Waals surface area contributed by atoms with E-state index in [4.69, 9.17) is 15.6 Å². The summed E-state index contributed by atoms with van der Waals surface area (Å²) < 4.78 is 7.18. The normalized spacial score (nSPS) is 11.2. The number of methoxy groups -OCH3 is 1. The van der Waals surface area contributed by atoms with Gasteiger partial charge in [-0.15, -0.1) is 0 Å². The predicted molar refractivity (Wildman–Crippen MR) is 66.6 cm³/mol. The average Bonchev–Trinajstić information content (AvgIpc) is 2.67. The van der Waals surface area contributed by atoms with E-state index in [-0.39, 0.29) is 6.61 Å². The molecule has 2 aromatic rings. The van der Waals surface area contributed by atoms with Crippen molar-refractivity contribution in [2.24, 2.45) is 0 Å². The Kier molecular flexibility index (Phi) is 3.61. The van der Waals surface area contributed by atoms with E-state index in [1.165, 1.54) is 0 Å². The van der Waals surface area contributed by atoms with Gasteiger partial charge >= 0.3 is 0 Å². The van der Waals surface area contributed by atoms with Crippen LogP contribution in [0.1, 0.15) is 12.2 Å². The van der Waals surface area contributed by atoms with E-state index in [0.29, 0.717) is 18.7 Å². The monoisotopic (exact) mass is 235 g/mol. The first-order valence-corrected chi connectivity index (χ1v) is 5.61. The van der Waals surface area contributed by atoms with Gasteiger partial charge in [0.15, 0.2) is 0 Å². The predicted octanol–water partition coefficient (Wildman–Crippen LogP) is 1.15. The molecule has 0 aliphatic rings. The molecule has 0 amide bonds. The lowest BCUT2D eigenvalue weighted by atomic mass is 10.2. The molecule has 1 aromatic heterocycles. The van der Waals surface area contributed by atoms with Crippen LogP contribution in [-0.2, 0) is 17.9 Å². The molecule has 0 aliphatic carbocycles. The van der Waals surface area contributed by atoms with Crippen molar-refractivity contribution < 1.29 is 9.84 Å². The van der Waals surface area contributed by atoms with Crippen molar-refractivity contribution in [3.05, 3.63) is 24.0 Å². The molecule has 0 saturated carbocycles. The van der Waals surface area contributed by atoms with Crippen molar-refractivity contribution in [3.8, 4) is 0 Å². The van der Waals surface area contributed by atoms with Gasteiger partial charge in [0.05, 0.1) is 11.2 Å². The zero-order valence-corrected chi connectivity index (χ0v) is 9.89. The van der Waals surface area contributed by atoms with Crippen molar-refractivity contribution in [1.82, 2.24) is 9.55 Å². The Morgan fingerprint density at radius 3 is 3.00 bits per heavy atom. The molecule has 92 valence electrons. The van der Waals surface area contributed by atoms with Gasteiger partial charge in [0.25, 0.3) is 0 Å². The molecule has 5 heteroatoms. The van der Waals surface area contributed by atoms with Crippen molar-refractivity contribution in [2.45, 2.75) is 19.6 Å². The van der Waals surface area contributed by atoms with E-state index in [1.807, 2.05) is 22.8 Å². The first-order chi connectivity index (χ1) is 8.27. The van der Waals surface area contributed by atoms with Gasteiger partial charge in [0.2, 0.25) is 0 Å². The van der Waals surface area contributed by atoms with E-state index >= 15 is 0 Å². The highest BCUT2D eigenvalue weighted by Crippen LogP contribution is 2.22. The number of nitrogens with zero attached hydrogens (tertiary/aromatic N) is 2. The highest BCUT2D eigenvalue weighted by Gasteiger charge is 2.11. The number of aryl methyl sites for hydroxylation is 1. The van der Waals surface area contributed by atoms with Crippen molar-refractivity contribution >= 4 is 16.7 Å². The van der Waals surface area contributed by atoms with Crippen LogP contribution in [0.3, 0.4) is 0 Å². The van der Waals surface area contributed by atoms with E-state index in [1.54, 1.807) is 7.11 Å². The fourth-order valence-corrected chi connectivity index (χ4v) is 1.93. The van der Waals surface area contributed by atoms with Crippen LogP contribution in [0.5, 0.6) is 0 Å². The van der Waals surface area contributed by atoms with Gasteiger partial charge in [-0.1, -0.05) is 6.07 Å². The molecule has 1 heterocycles. The zero-order valence-electron chi connectivity index (χ0n) is 9.89. The van der Waals surface area contributed by atoms with E-state index < -0.39 is 0 Å². The van der Waals surface area contributed by atoms with Gasteiger partial charge in [-0.05, 0) is 18.6 Å².